The Labute approximate surface area is 99.4 Å². The lowest BCUT2D eigenvalue weighted by Gasteiger charge is -2.05. The normalized spacial score (nSPS) is 13.1. The third kappa shape index (κ3) is 5.72. The monoisotopic (exact) mass is 217 g/mol. The summed E-state index contributed by atoms with van der Waals surface area (Å²) in [6.45, 7) is 2.23. The van der Waals surface area contributed by atoms with E-state index in [1.807, 2.05) is 18.2 Å². The minimum absolute atomic E-state index is 0.206. The van der Waals surface area contributed by atoms with E-state index in [-0.39, 0.29) is 6.04 Å². The van der Waals surface area contributed by atoms with Crippen molar-refractivity contribution in [2.24, 2.45) is 5.73 Å². The largest absolute Gasteiger partial charge is 0.324 e. The lowest BCUT2D eigenvalue weighted by Crippen LogP contribution is -2.16. The SMILES string of the molecule is CCCCCCC(N)C=Cc1ccccc1. The zero-order valence-electron chi connectivity index (χ0n) is 10.2. The Hall–Kier alpha value is -1.08. The molecule has 0 spiro atoms. The Balaban J connectivity index is 2.23. The Morgan fingerprint density at radius 2 is 1.88 bits per heavy atom. The first-order valence-corrected chi connectivity index (χ1v) is 6.31. The molecular weight excluding hydrogens is 194 g/mol. The molecule has 0 heterocycles. The van der Waals surface area contributed by atoms with Crippen LogP contribution in [0, 0.1) is 0 Å². The zero-order valence-corrected chi connectivity index (χ0v) is 10.2. The van der Waals surface area contributed by atoms with Crippen LogP contribution in [0.1, 0.15) is 44.6 Å². The third-order valence-corrected chi connectivity index (χ3v) is 2.73. The van der Waals surface area contributed by atoms with Crippen LogP contribution < -0.4 is 5.73 Å². The summed E-state index contributed by atoms with van der Waals surface area (Å²) in [5.41, 5.74) is 7.25. The van der Waals surface area contributed by atoms with Crippen molar-refractivity contribution in [2.45, 2.75) is 45.1 Å². The third-order valence-electron chi connectivity index (χ3n) is 2.73. The molecule has 1 unspecified atom stereocenters. The molecule has 1 nitrogen and oxygen atoms in total. The van der Waals surface area contributed by atoms with E-state index in [1.54, 1.807) is 0 Å². The van der Waals surface area contributed by atoms with E-state index in [2.05, 4.69) is 31.2 Å². The van der Waals surface area contributed by atoms with Gasteiger partial charge in [0.15, 0.2) is 0 Å². The summed E-state index contributed by atoms with van der Waals surface area (Å²) in [5.74, 6) is 0. The van der Waals surface area contributed by atoms with Crippen LogP contribution >= 0.6 is 0 Å². The van der Waals surface area contributed by atoms with Crippen molar-refractivity contribution in [3.8, 4) is 0 Å². The lowest BCUT2D eigenvalue weighted by atomic mass is 10.1. The fourth-order valence-corrected chi connectivity index (χ4v) is 1.70. The van der Waals surface area contributed by atoms with Crippen LogP contribution in [-0.4, -0.2) is 6.04 Å². The highest BCUT2D eigenvalue weighted by molar-refractivity contribution is 5.49. The summed E-state index contributed by atoms with van der Waals surface area (Å²) in [6.07, 6.45) is 10.5. The van der Waals surface area contributed by atoms with Crippen LogP contribution in [0.4, 0.5) is 0 Å². The molecule has 88 valence electrons. The van der Waals surface area contributed by atoms with E-state index in [0.29, 0.717) is 0 Å². The van der Waals surface area contributed by atoms with E-state index in [9.17, 15) is 0 Å². The minimum Gasteiger partial charge on any atom is -0.324 e. The van der Waals surface area contributed by atoms with Gasteiger partial charge in [-0.3, -0.25) is 0 Å². The molecule has 0 bridgehead atoms. The van der Waals surface area contributed by atoms with Crippen molar-refractivity contribution in [3.63, 3.8) is 0 Å². The zero-order chi connectivity index (χ0) is 11.6. The van der Waals surface area contributed by atoms with E-state index >= 15 is 0 Å². The number of hydrogen-bond acceptors (Lipinski definition) is 1. The number of nitrogens with two attached hydrogens (primary N) is 1. The van der Waals surface area contributed by atoms with Gasteiger partial charge in [-0.1, -0.05) is 75.1 Å². The predicted octanol–water partition coefficient (Wildman–Crippen LogP) is 4.00. The second-order valence-electron chi connectivity index (χ2n) is 4.28. The fraction of sp³-hybridized carbons (Fsp3) is 0.467. The van der Waals surface area contributed by atoms with Crippen LogP contribution in [0.2, 0.25) is 0 Å². The maximum Gasteiger partial charge on any atom is 0.0226 e. The van der Waals surface area contributed by atoms with Crippen molar-refractivity contribution < 1.29 is 0 Å². The lowest BCUT2D eigenvalue weighted by molar-refractivity contribution is 0.601. The molecular formula is C15H23N. The quantitative estimate of drug-likeness (QED) is 0.686. The van der Waals surface area contributed by atoms with Crippen LogP contribution in [0.15, 0.2) is 36.4 Å². The van der Waals surface area contributed by atoms with Crippen LogP contribution in [0.25, 0.3) is 6.08 Å². The summed E-state index contributed by atoms with van der Waals surface area (Å²) in [7, 11) is 0. The average molecular weight is 217 g/mol. The molecule has 0 fully saturated rings. The molecule has 1 aromatic carbocycles. The Kier molecular flexibility index (Phi) is 6.59. The molecule has 0 aliphatic rings. The molecule has 0 saturated heterocycles. The summed E-state index contributed by atoms with van der Waals surface area (Å²) in [5, 5.41) is 0. The number of rotatable bonds is 7. The Morgan fingerprint density at radius 3 is 2.56 bits per heavy atom. The standard InChI is InChI=1S/C15H23N/c1-2-3-4-8-11-15(16)13-12-14-9-6-5-7-10-14/h5-7,9-10,12-13,15H,2-4,8,11,16H2,1H3. The Bertz CT molecular complexity index is 290. The van der Waals surface area contributed by atoms with Crippen molar-refractivity contribution in [1.29, 1.82) is 0 Å². The summed E-state index contributed by atoms with van der Waals surface area (Å²) in [4.78, 5) is 0. The van der Waals surface area contributed by atoms with Gasteiger partial charge in [0.05, 0.1) is 0 Å². The van der Waals surface area contributed by atoms with Gasteiger partial charge in [-0.2, -0.15) is 0 Å². The maximum atomic E-state index is 6.02. The topological polar surface area (TPSA) is 26.0 Å². The van der Waals surface area contributed by atoms with Gasteiger partial charge in [0, 0.05) is 6.04 Å². The first-order valence-electron chi connectivity index (χ1n) is 6.31. The molecule has 0 radical (unpaired) electrons. The molecule has 0 amide bonds. The fourth-order valence-electron chi connectivity index (χ4n) is 1.70. The smallest absolute Gasteiger partial charge is 0.0226 e. The molecule has 1 atom stereocenters. The number of unbranched alkanes of at least 4 members (excludes halogenated alkanes) is 3. The number of hydrogen-bond donors (Lipinski definition) is 1. The molecule has 0 aliphatic heterocycles. The minimum atomic E-state index is 0.206. The molecule has 0 saturated carbocycles. The van der Waals surface area contributed by atoms with Crippen molar-refractivity contribution in [2.75, 3.05) is 0 Å². The summed E-state index contributed by atoms with van der Waals surface area (Å²) in [6, 6.07) is 10.5. The van der Waals surface area contributed by atoms with Gasteiger partial charge in [-0.15, -0.1) is 0 Å². The molecule has 1 aromatic rings. The van der Waals surface area contributed by atoms with Gasteiger partial charge in [0.25, 0.3) is 0 Å². The molecule has 0 aromatic heterocycles. The van der Waals surface area contributed by atoms with Gasteiger partial charge in [0.2, 0.25) is 0 Å². The van der Waals surface area contributed by atoms with Crippen molar-refractivity contribution in [1.82, 2.24) is 0 Å². The average Bonchev–Trinajstić information content (AvgIpc) is 2.33. The van der Waals surface area contributed by atoms with Gasteiger partial charge in [-0.25, -0.2) is 0 Å². The predicted molar refractivity (Wildman–Crippen MR) is 72.2 cm³/mol. The highest BCUT2D eigenvalue weighted by Crippen LogP contribution is 2.07. The van der Waals surface area contributed by atoms with E-state index in [0.717, 1.165) is 6.42 Å². The highest BCUT2D eigenvalue weighted by atomic mass is 14.6. The highest BCUT2D eigenvalue weighted by Gasteiger charge is 1.96. The molecule has 16 heavy (non-hydrogen) atoms. The Morgan fingerprint density at radius 1 is 1.12 bits per heavy atom. The van der Waals surface area contributed by atoms with Crippen LogP contribution in [0.5, 0.6) is 0 Å². The van der Waals surface area contributed by atoms with Gasteiger partial charge >= 0.3 is 0 Å². The van der Waals surface area contributed by atoms with E-state index in [1.165, 1.54) is 31.2 Å². The first kappa shape index (κ1) is 13.0. The first-order chi connectivity index (χ1) is 7.83. The second-order valence-corrected chi connectivity index (χ2v) is 4.28. The molecule has 0 aliphatic carbocycles. The molecule has 2 N–H and O–H groups in total. The van der Waals surface area contributed by atoms with Crippen LogP contribution in [-0.2, 0) is 0 Å². The van der Waals surface area contributed by atoms with Gasteiger partial charge in [-0.05, 0) is 12.0 Å². The number of benzene rings is 1. The van der Waals surface area contributed by atoms with Gasteiger partial charge in [0.1, 0.15) is 0 Å². The van der Waals surface area contributed by atoms with E-state index < -0.39 is 0 Å². The molecule has 1 heteroatoms. The summed E-state index contributed by atoms with van der Waals surface area (Å²) >= 11 is 0. The van der Waals surface area contributed by atoms with Crippen LogP contribution in [0.3, 0.4) is 0 Å². The van der Waals surface area contributed by atoms with Gasteiger partial charge < -0.3 is 5.73 Å². The summed E-state index contributed by atoms with van der Waals surface area (Å²) < 4.78 is 0. The molecule has 1 rings (SSSR count). The second kappa shape index (κ2) is 8.12. The van der Waals surface area contributed by atoms with E-state index in [4.69, 9.17) is 5.73 Å². The van der Waals surface area contributed by atoms with Crippen molar-refractivity contribution in [3.05, 3.63) is 42.0 Å². The maximum absolute atomic E-state index is 6.02. The van der Waals surface area contributed by atoms with Crippen molar-refractivity contribution >= 4 is 6.08 Å².